The van der Waals surface area contributed by atoms with Crippen LogP contribution < -0.4 is 10.2 Å². The van der Waals surface area contributed by atoms with Crippen molar-refractivity contribution < 1.29 is 14.7 Å². The number of carboxylic acids is 1. The van der Waals surface area contributed by atoms with Gasteiger partial charge in [0.25, 0.3) is 5.91 Å². The largest absolute Gasteiger partial charge is 0.480 e. The van der Waals surface area contributed by atoms with Crippen LogP contribution in [0.5, 0.6) is 0 Å². The summed E-state index contributed by atoms with van der Waals surface area (Å²) in [4.78, 5) is 24.5. The molecule has 1 aromatic rings. The Bertz CT molecular complexity index is 512. The van der Waals surface area contributed by atoms with Crippen LogP contribution >= 0.6 is 0 Å². The second-order valence-electron chi connectivity index (χ2n) is 4.61. The molecule has 0 fully saturated rings. The van der Waals surface area contributed by atoms with Gasteiger partial charge in [-0.05, 0) is 50.6 Å². The van der Waals surface area contributed by atoms with Gasteiger partial charge in [0.05, 0.1) is 0 Å². The molecular formula is C14H20N2O3. The fourth-order valence-corrected chi connectivity index (χ4v) is 1.97. The van der Waals surface area contributed by atoms with E-state index in [1.54, 1.807) is 7.05 Å². The minimum absolute atomic E-state index is 0.485. The number of hydrogen-bond donors (Lipinski definition) is 2. The molecule has 0 heterocycles. The Balaban J connectivity index is 3.14. The van der Waals surface area contributed by atoms with Gasteiger partial charge in [-0.3, -0.25) is 10.1 Å². The molecule has 0 saturated heterocycles. The third kappa shape index (κ3) is 2.93. The molecule has 0 spiro atoms. The van der Waals surface area contributed by atoms with Crippen molar-refractivity contribution in [3.63, 3.8) is 0 Å². The van der Waals surface area contributed by atoms with Crippen molar-refractivity contribution in [1.29, 1.82) is 0 Å². The summed E-state index contributed by atoms with van der Waals surface area (Å²) in [5, 5.41) is 11.5. The van der Waals surface area contributed by atoms with Gasteiger partial charge in [-0.15, -0.1) is 0 Å². The Morgan fingerprint density at radius 1 is 1.21 bits per heavy atom. The molecule has 5 nitrogen and oxygen atoms in total. The zero-order chi connectivity index (χ0) is 14.7. The number of aryl methyl sites for hydroxylation is 1. The molecule has 2 N–H and O–H groups in total. The van der Waals surface area contributed by atoms with E-state index in [1.165, 1.54) is 11.9 Å². The smallest absolute Gasteiger partial charge is 0.330 e. The van der Waals surface area contributed by atoms with Crippen LogP contribution in [-0.4, -0.2) is 37.1 Å². The molecule has 1 unspecified atom stereocenters. The maximum absolute atomic E-state index is 12.1. The van der Waals surface area contributed by atoms with Gasteiger partial charge < -0.3 is 10.0 Å². The first kappa shape index (κ1) is 15.2. The number of rotatable bonds is 4. The van der Waals surface area contributed by atoms with Crippen LogP contribution in [0, 0.1) is 20.8 Å². The van der Waals surface area contributed by atoms with Crippen LogP contribution in [-0.2, 0) is 9.59 Å². The Morgan fingerprint density at radius 2 is 1.79 bits per heavy atom. The number of carbonyl (C=O) groups excluding carboxylic acids is 1. The number of aliphatic carboxylic acids is 1. The zero-order valence-corrected chi connectivity index (χ0v) is 11.9. The third-order valence-corrected chi connectivity index (χ3v) is 3.50. The van der Waals surface area contributed by atoms with Crippen molar-refractivity contribution in [2.24, 2.45) is 0 Å². The molecule has 1 atom stereocenters. The predicted octanol–water partition coefficient (Wildman–Crippen LogP) is 1.25. The highest BCUT2D eigenvalue weighted by atomic mass is 16.4. The summed E-state index contributed by atoms with van der Waals surface area (Å²) in [6.45, 7) is 5.91. The van der Waals surface area contributed by atoms with E-state index in [0.717, 1.165) is 22.4 Å². The van der Waals surface area contributed by atoms with Crippen molar-refractivity contribution in [3.8, 4) is 0 Å². The lowest BCUT2D eigenvalue weighted by Gasteiger charge is -2.24. The molecular weight excluding hydrogens is 244 g/mol. The first-order valence-corrected chi connectivity index (χ1v) is 6.05. The highest BCUT2D eigenvalue weighted by molar-refractivity contribution is 6.09. The van der Waals surface area contributed by atoms with Crippen LogP contribution in [0.4, 0.5) is 5.69 Å². The maximum atomic E-state index is 12.1. The number of nitrogens with zero attached hydrogens (tertiary/aromatic N) is 1. The number of hydrogen-bond acceptors (Lipinski definition) is 3. The number of benzene rings is 1. The minimum Gasteiger partial charge on any atom is -0.480 e. The molecule has 1 aromatic carbocycles. The minimum atomic E-state index is -1.23. The number of amides is 1. The van der Waals surface area contributed by atoms with Gasteiger partial charge in [0.15, 0.2) is 6.04 Å². The van der Waals surface area contributed by atoms with Crippen LogP contribution in [0.25, 0.3) is 0 Å². The lowest BCUT2D eigenvalue weighted by Crippen LogP contribution is -2.48. The molecule has 5 heteroatoms. The Hall–Kier alpha value is -1.88. The summed E-state index contributed by atoms with van der Waals surface area (Å²) in [6.07, 6.45) is 0. The van der Waals surface area contributed by atoms with E-state index in [2.05, 4.69) is 5.32 Å². The summed E-state index contributed by atoms with van der Waals surface area (Å²) < 4.78 is 0. The quantitative estimate of drug-likeness (QED) is 0.803. The van der Waals surface area contributed by atoms with Gasteiger partial charge in [-0.1, -0.05) is 6.07 Å². The summed E-state index contributed by atoms with van der Waals surface area (Å²) in [5.74, 6) is -1.66. The van der Waals surface area contributed by atoms with Crippen molar-refractivity contribution in [2.75, 3.05) is 19.0 Å². The van der Waals surface area contributed by atoms with E-state index in [-0.39, 0.29) is 0 Å². The van der Waals surface area contributed by atoms with Gasteiger partial charge in [-0.25, -0.2) is 4.79 Å². The van der Waals surface area contributed by atoms with Crippen molar-refractivity contribution in [3.05, 3.63) is 28.8 Å². The standard InChI is InChI=1S/C14H20N2O3/c1-8-6-7-11(10(3)9(8)2)16(5)13(17)12(15-4)14(18)19/h6-7,12,15H,1-5H3,(H,18,19). The molecule has 0 aliphatic rings. The number of carboxylic acid groups (broad SMARTS) is 1. The van der Waals surface area contributed by atoms with E-state index in [9.17, 15) is 9.59 Å². The van der Waals surface area contributed by atoms with Crippen LogP contribution in [0.2, 0.25) is 0 Å². The van der Waals surface area contributed by atoms with E-state index < -0.39 is 17.9 Å². The monoisotopic (exact) mass is 264 g/mol. The number of anilines is 1. The first-order valence-electron chi connectivity index (χ1n) is 6.05. The molecule has 19 heavy (non-hydrogen) atoms. The predicted molar refractivity (Wildman–Crippen MR) is 74.5 cm³/mol. The molecule has 0 radical (unpaired) electrons. The van der Waals surface area contributed by atoms with Gasteiger partial charge in [0.2, 0.25) is 0 Å². The number of carbonyl (C=O) groups is 2. The first-order chi connectivity index (χ1) is 8.81. The van der Waals surface area contributed by atoms with E-state index in [1.807, 2.05) is 32.9 Å². The average Bonchev–Trinajstić information content (AvgIpc) is 2.35. The average molecular weight is 264 g/mol. The Labute approximate surface area is 113 Å². The summed E-state index contributed by atoms with van der Waals surface area (Å²) in [7, 11) is 3.05. The topological polar surface area (TPSA) is 69.6 Å². The summed E-state index contributed by atoms with van der Waals surface area (Å²) in [6, 6.07) is 2.53. The maximum Gasteiger partial charge on any atom is 0.330 e. The van der Waals surface area contributed by atoms with Crippen LogP contribution in [0.3, 0.4) is 0 Å². The third-order valence-electron chi connectivity index (χ3n) is 3.50. The molecule has 0 aliphatic carbocycles. The number of likely N-dealkylation sites (N-methyl/N-ethyl adjacent to an activating group) is 2. The highest BCUT2D eigenvalue weighted by Gasteiger charge is 2.28. The highest BCUT2D eigenvalue weighted by Crippen LogP contribution is 2.24. The Kier molecular flexibility index (Phi) is 4.67. The lowest BCUT2D eigenvalue weighted by atomic mass is 10.0. The zero-order valence-electron chi connectivity index (χ0n) is 11.9. The van der Waals surface area contributed by atoms with Crippen molar-refractivity contribution in [2.45, 2.75) is 26.8 Å². The molecule has 0 aliphatic heterocycles. The fourth-order valence-electron chi connectivity index (χ4n) is 1.97. The van der Waals surface area contributed by atoms with Crippen LogP contribution in [0.1, 0.15) is 16.7 Å². The fraction of sp³-hybridized carbons (Fsp3) is 0.429. The van der Waals surface area contributed by atoms with Crippen LogP contribution in [0.15, 0.2) is 12.1 Å². The van der Waals surface area contributed by atoms with Gasteiger partial charge in [0, 0.05) is 12.7 Å². The second kappa shape index (κ2) is 5.84. The molecule has 0 bridgehead atoms. The van der Waals surface area contributed by atoms with E-state index in [0.29, 0.717) is 0 Å². The second-order valence-corrected chi connectivity index (χ2v) is 4.61. The summed E-state index contributed by atoms with van der Waals surface area (Å²) in [5.41, 5.74) is 3.96. The van der Waals surface area contributed by atoms with E-state index in [4.69, 9.17) is 5.11 Å². The molecule has 104 valence electrons. The van der Waals surface area contributed by atoms with Gasteiger partial charge >= 0.3 is 5.97 Å². The summed E-state index contributed by atoms with van der Waals surface area (Å²) >= 11 is 0. The van der Waals surface area contributed by atoms with E-state index >= 15 is 0 Å². The SMILES string of the molecule is CNC(C(=O)O)C(=O)N(C)c1ccc(C)c(C)c1C. The Morgan fingerprint density at radius 3 is 2.26 bits per heavy atom. The normalized spacial score (nSPS) is 12.1. The lowest BCUT2D eigenvalue weighted by molar-refractivity contribution is -0.143. The van der Waals surface area contributed by atoms with Gasteiger partial charge in [0.1, 0.15) is 0 Å². The molecule has 0 aromatic heterocycles. The van der Waals surface area contributed by atoms with Crippen molar-refractivity contribution in [1.82, 2.24) is 5.32 Å². The van der Waals surface area contributed by atoms with Crippen molar-refractivity contribution >= 4 is 17.6 Å². The van der Waals surface area contributed by atoms with Gasteiger partial charge in [-0.2, -0.15) is 0 Å². The molecule has 1 amide bonds. The molecule has 1 rings (SSSR count). The molecule has 0 saturated carbocycles. The number of nitrogens with one attached hydrogen (secondary N) is 1.